The zero-order chi connectivity index (χ0) is 14.3. The Morgan fingerprint density at radius 3 is 2.80 bits per heavy atom. The van der Waals surface area contributed by atoms with Crippen LogP contribution in [0, 0.1) is 0 Å². The van der Waals surface area contributed by atoms with Crippen LogP contribution in [0.3, 0.4) is 0 Å². The number of hydrogen-bond acceptors (Lipinski definition) is 3. The fourth-order valence-electron chi connectivity index (χ4n) is 2.11. The van der Waals surface area contributed by atoms with E-state index in [1.54, 1.807) is 12.1 Å². The predicted molar refractivity (Wildman–Crippen MR) is 78.3 cm³/mol. The first-order valence-electron chi connectivity index (χ1n) is 6.34. The molecule has 1 aromatic carbocycles. The molecule has 5 nitrogen and oxygen atoms in total. The number of nitrogens with zero attached hydrogens (tertiary/aromatic N) is 1. The summed E-state index contributed by atoms with van der Waals surface area (Å²) in [6.45, 7) is 2.39. The second-order valence-electron chi connectivity index (χ2n) is 4.75. The molecule has 2 N–H and O–H groups in total. The fourth-order valence-corrected chi connectivity index (χ4v) is 2.43. The van der Waals surface area contributed by atoms with E-state index < -0.39 is 5.60 Å². The molecule has 106 valence electrons. The first-order valence-corrected chi connectivity index (χ1v) is 7.10. The van der Waals surface area contributed by atoms with Gasteiger partial charge in [-0.25, -0.2) is 4.98 Å². The Kier molecular flexibility index (Phi) is 3.36. The van der Waals surface area contributed by atoms with E-state index in [1.165, 1.54) is 0 Å². The van der Waals surface area contributed by atoms with Crippen LogP contribution in [-0.4, -0.2) is 28.1 Å². The minimum atomic E-state index is -0.678. The normalized spacial score (nSPS) is 16.4. The van der Waals surface area contributed by atoms with E-state index in [1.807, 2.05) is 6.92 Å². The van der Waals surface area contributed by atoms with Gasteiger partial charge in [0, 0.05) is 6.61 Å². The number of nitrogens with one attached hydrogen (secondary N) is 2. The van der Waals surface area contributed by atoms with Gasteiger partial charge in [0.05, 0.1) is 21.1 Å². The average Bonchev–Trinajstić information content (AvgIpc) is 3.08. The van der Waals surface area contributed by atoms with Gasteiger partial charge in [0.25, 0.3) is 5.91 Å². The van der Waals surface area contributed by atoms with Crippen LogP contribution in [0.2, 0.25) is 10.0 Å². The van der Waals surface area contributed by atoms with Gasteiger partial charge in [0.15, 0.2) is 0 Å². The molecule has 1 fully saturated rings. The molecular formula is C13H13Cl2N3O2. The number of anilines is 1. The van der Waals surface area contributed by atoms with E-state index in [0.29, 0.717) is 28.1 Å². The standard InChI is InChI=1S/C13H13Cl2N3O2/c1-2-20-13(3-4-13)11(19)18-12-16-9-5-7(14)8(15)6-10(9)17-12/h5-6H,2-4H2,1H3,(H2,16,17,18,19). The van der Waals surface area contributed by atoms with Gasteiger partial charge in [-0.1, -0.05) is 23.2 Å². The zero-order valence-corrected chi connectivity index (χ0v) is 12.3. The van der Waals surface area contributed by atoms with E-state index in [9.17, 15) is 4.79 Å². The van der Waals surface area contributed by atoms with Crippen molar-refractivity contribution in [2.75, 3.05) is 11.9 Å². The van der Waals surface area contributed by atoms with Crippen LogP contribution < -0.4 is 5.32 Å². The molecule has 0 atom stereocenters. The van der Waals surface area contributed by atoms with E-state index in [2.05, 4.69) is 15.3 Å². The van der Waals surface area contributed by atoms with E-state index in [0.717, 1.165) is 18.4 Å². The first kappa shape index (κ1) is 13.7. The Labute approximate surface area is 125 Å². The molecule has 0 bridgehead atoms. The maximum absolute atomic E-state index is 12.1. The fraction of sp³-hybridized carbons (Fsp3) is 0.385. The molecule has 1 saturated carbocycles. The van der Waals surface area contributed by atoms with Crippen molar-refractivity contribution in [3.8, 4) is 0 Å². The summed E-state index contributed by atoms with van der Waals surface area (Å²) < 4.78 is 5.49. The lowest BCUT2D eigenvalue weighted by Gasteiger charge is -2.13. The van der Waals surface area contributed by atoms with Crippen LogP contribution in [0.1, 0.15) is 19.8 Å². The summed E-state index contributed by atoms with van der Waals surface area (Å²) in [6.07, 6.45) is 1.48. The van der Waals surface area contributed by atoms with Crippen LogP contribution in [0.25, 0.3) is 11.0 Å². The third kappa shape index (κ3) is 2.37. The number of imidazole rings is 1. The maximum atomic E-state index is 12.1. The number of ether oxygens (including phenoxy) is 1. The molecule has 7 heteroatoms. The van der Waals surface area contributed by atoms with Crippen LogP contribution in [0.15, 0.2) is 12.1 Å². The van der Waals surface area contributed by atoms with Crippen molar-refractivity contribution in [1.29, 1.82) is 0 Å². The quantitative estimate of drug-likeness (QED) is 0.909. The number of H-pyrrole nitrogens is 1. The Hall–Kier alpha value is -1.30. The van der Waals surface area contributed by atoms with E-state index in [-0.39, 0.29) is 5.91 Å². The first-order chi connectivity index (χ1) is 9.54. The van der Waals surface area contributed by atoms with Gasteiger partial charge in [0.1, 0.15) is 5.60 Å². The van der Waals surface area contributed by atoms with Gasteiger partial charge in [-0.15, -0.1) is 0 Å². The van der Waals surface area contributed by atoms with Crippen LogP contribution in [-0.2, 0) is 9.53 Å². The number of halogens is 2. The highest BCUT2D eigenvalue weighted by molar-refractivity contribution is 6.42. The summed E-state index contributed by atoms with van der Waals surface area (Å²) in [5.74, 6) is 0.199. The largest absolute Gasteiger partial charge is 0.365 e. The summed E-state index contributed by atoms with van der Waals surface area (Å²) in [5.41, 5.74) is 0.690. The minimum absolute atomic E-state index is 0.171. The number of benzene rings is 1. The molecule has 1 heterocycles. The third-order valence-electron chi connectivity index (χ3n) is 3.29. The Morgan fingerprint density at radius 1 is 1.45 bits per heavy atom. The van der Waals surface area contributed by atoms with Crippen molar-refractivity contribution in [3.05, 3.63) is 22.2 Å². The number of carbonyl (C=O) groups is 1. The molecule has 0 radical (unpaired) electrons. The lowest BCUT2D eigenvalue weighted by molar-refractivity contribution is -0.129. The highest BCUT2D eigenvalue weighted by atomic mass is 35.5. The predicted octanol–water partition coefficient (Wildman–Crippen LogP) is 3.38. The van der Waals surface area contributed by atoms with Crippen molar-refractivity contribution >= 4 is 46.1 Å². The SMILES string of the molecule is CCOC1(C(=O)Nc2nc3cc(Cl)c(Cl)cc3[nH]2)CC1. The van der Waals surface area contributed by atoms with Gasteiger partial charge in [-0.3, -0.25) is 10.1 Å². The lowest BCUT2D eigenvalue weighted by atomic mass is 10.3. The van der Waals surface area contributed by atoms with Crippen molar-refractivity contribution in [2.24, 2.45) is 0 Å². The molecule has 0 saturated heterocycles. The Morgan fingerprint density at radius 2 is 2.15 bits per heavy atom. The number of amides is 1. The lowest BCUT2D eigenvalue weighted by Crippen LogP contribution is -2.32. The summed E-state index contributed by atoms with van der Waals surface area (Å²) in [5, 5.41) is 3.61. The molecule has 0 aliphatic heterocycles. The van der Waals surface area contributed by atoms with Crippen LogP contribution in [0.5, 0.6) is 0 Å². The number of carbonyl (C=O) groups excluding carboxylic acids is 1. The molecule has 0 spiro atoms. The van der Waals surface area contributed by atoms with Crippen molar-refractivity contribution in [2.45, 2.75) is 25.4 Å². The van der Waals surface area contributed by atoms with Gasteiger partial charge in [-0.2, -0.15) is 0 Å². The summed E-state index contributed by atoms with van der Waals surface area (Å²) in [4.78, 5) is 19.4. The number of fused-ring (bicyclic) bond motifs is 1. The van der Waals surface area contributed by atoms with Gasteiger partial charge in [-0.05, 0) is 31.9 Å². The number of aromatic nitrogens is 2. The van der Waals surface area contributed by atoms with Crippen LogP contribution >= 0.6 is 23.2 Å². The molecule has 1 aromatic heterocycles. The van der Waals surface area contributed by atoms with Crippen LogP contribution in [0.4, 0.5) is 5.95 Å². The Bertz CT molecular complexity index is 641. The highest BCUT2D eigenvalue weighted by Crippen LogP contribution is 2.40. The number of hydrogen-bond donors (Lipinski definition) is 2. The van der Waals surface area contributed by atoms with Crippen molar-refractivity contribution in [3.63, 3.8) is 0 Å². The maximum Gasteiger partial charge on any atom is 0.258 e. The molecule has 2 aromatic rings. The smallest absolute Gasteiger partial charge is 0.258 e. The molecule has 1 aliphatic rings. The molecule has 3 rings (SSSR count). The third-order valence-corrected chi connectivity index (χ3v) is 4.02. The zero-order valence-electron chi connectivity index (χ0n) is 10.8. The summed E-state index contributed by atoms with van der Waals surface area (Å²) in [7, 11) is 0. The second kappa shape index (κ2) is 4.91. The number of aromatic amines is 1. The van der Waals surface area contributed by atoms with Gasteiger partial charge < -0.3 is 9.72 Å². The molecular weight excluding hydrogens is 301 g/mol. The van der Waals surface area contributed by atoms with Crippen molar-refractivity contribution < 1.29 is 9.53 Å². The summed E-state index contributed by atoms with van der Waals surface area (Å²) >= 11 is 11.9. The monoisotopic (exact) mass is 313 g/mol. The molecule has 0 unspecified atom stereocenters. The van der Waals surface area contributed by atoms with Gasteiger partial charge in [0.2, 0.25) is 5.95 Å². The summed E-state index contributed by atoms with van der Waals surface area (Å²) in [6, 6.07) is 3.33. The van der Waals surface area contributed by atoms with Crippen molar-refractivity contribution in [1.82, 2.24) is 9.97 Å². The van der Waals surface area contributed by atoms with E-state index >= 15 is 0 Å². The van der Waals surface area contributed by atoms with Gasteiger partial charge >= 0.3 is 0 Å². The average molecular weight is 314 g/mol. The molecule has 1 aliphatic carbocycles. The van der Waals surface area contributed by atoms with E-state index in [4.69, 9.17) is 27.9 Å². The topological polar surface area (TPSA) is 67.0 Å². The Balaban J connectivity index is 1.83. The molecule has 1 amide bonds. The molecule has 20 heavy (non-hydrogen) atoms. The second-order valence-corrected chi connectivity index (χ2v) is 5.56. The highest BCUT2D eigenvalue weighted by Gasteiger charge is 2.51. The minimum Gasteiger partial charge on any atom is -0.365 e. The number of rotatable bonds is 4.